The maximum Gasteiger partial charge on any atom is 0.459 e. The van der Waals surface area contributed by atoms with Crippen molar-refractivity contribution >= 4 is 10.4 Å². The molecule has 0 aromatic carbocycles. The maximum absolute atomic E-state index is 10.3. The zero-order chi connectivity index (χ0) is 8.04. The maximum atomic E-state index is 10.3. The standard InChI is InChI=1S/C4H7NO4S/c1-2-3-8-10(6,7)9-4-5/h2-3H2,1H3. The van der Waals surface area contributed by atoms with E-state index < -0.39 is 10.4 Å². The van der Waals surface area contributed by atoms with Crippen LogP contribution in [0.5, 0.6) is 0 Å². The Kier molecular flexibility index (Phi) is 3.76. The second kappa shape index (κ2) is 4.09. The molecule has 0 amide bonds. The highest BCUT2D eigenvalue weighted by Crippen LogP contribution is 1.94. The molecule has 0 aliphatic rings. The second-order valence-electron chi connectivity index (χ2n) is 1.40. The minimum Gasteiger partial charge on any atom is -0.281 e. The largest absolute Gasteiger partial charge is 0.459 e. The summed E-state index contributed by atoms with van der Waals surface area (Å²) in [6.45, 7) is 1.77. The van der Waals surface area contributed by atoms with Crippen molar-refractivity contribution in [2.75, 3.05) is 6.61 Å². The summed E-state index contributed by atoms with van der Waals surface area (Å²) in [6.07, 6.45) is 1.55. The lowest BCUT2D eigenvalue weighted by atomic mass is 10.5. The van der Waals surface area contributed by atoms with E-state index in [1.54, 1.807) is 6.92 Å². The highest BCUT2D eigenvalue weighted by atomic mass is 32.3. The van der Waals surface area contributed by atoms with Gasteiger partial charge in [0.05, 0.1) is 6.61 Å². The Balaban J connectivity index is 3.80. The van der Waals surface area contributed by atoms with Gasteiger partial charge < -0.3 is 0 Å². The molecule has 6 heteroatoms. The van der Waals surface area contributed by atoms with Crippen molar-refractivity contribution in [2.45, 2.75) is 13.3 Å². The van der Waals surface area contributed by atoms with Crippen LogP contribution < -0.4 is 0 Å². The summed E-state index contributed by atoms with van der Waals surface area (Å²) in [6, 6.07) is 0. The summed E-state index contributed by atoms with van der Waals surface area (Å²) in [4.78, 5) is 0. The van der Waals surface area contributed by atoms with Crippen LogP contribution in [-0.2, 0) is 18.8 Å². The van der Waals surface area contributed by atoms with Crippen molar-refractivity contribution in [3.05, 3.63) is 0 Å². The van der Waals surface area contributed by atoms with Crippen LogP contribution in [0.3, 0.4) is 0 Å². The number of rotatable bonds is 4. The first-order valence-electron chi connectivity index (χ1n) is 2.59. The van der Waals surface area contributed by atoms with Crippen molar-refractivity contribution in [3.63, 3.8) is 0 Å². The minimum absolute atomic E-state index is 0.0318. The van der Waals surface area contributed by atoms with Gasteiger partial charge >= 0.3 is 16.7 Å². The Hall–Kier alpha value is -0.800. The Morgan fingerprint density at radius 1 is 1.60 bits per heavy atom. The van der Waals surface area contributed by atoms with Crippen LogP contribution >= 0.6 is 0 Å². The zero-order valence-corrected chi connectivity index (χ0v) is 6.22. The van der Waals surface area contributed by atoms with Gasteiger partial charge in [-0.3, -0.25) is 4.18 Å². The molecular formula is C4H7NO4S. The molecule has 10 heavy (non-hydrogen) atoms. The van der Waals surface area contributed by atoms with Gasteiger partial charge in [0.2, 0.25) is 0 Å². The molecule has 0 aliphatic carbocycles. The van der Waals surface area contributed by atoms with E-state index in [1.807, 2.05) is 0 Å². The van der Waals surface area contributed by atoms with Gasteiger partial charge in [-0.05, 0) is 6.42 Å². The molecule has 58 valence electrons. The number of hydrogen-bond acceptors (Lipinski definition) is 5. The molecule has 0 bridgehead atoms. The minimum atomic E-state index is -4.05. The Labute approximate surface area is 59.5 Å². The number of hydrogen-bond donors (Lipinski definition) is 0. The van der Waals surface area contributed by atoms with Crippen LogP contribution in [0.2, 0.25) is 0 Å². The van der Waals surface area contributed by atoms with Crippen LogP contribution in [0, 0.1) is 11.5 Å². The molecule has 0 saturated carbocycles. The average Bonchev–Trinajstić information content (AvgIpc) is 1.84. The highest BCUT2D eigenvalue weighted by Gasteiger charge is 2.09. The quantitative estimate of drug-likeness (QED) is 0.554. The van der Waals surface area contributed by atoms with Gasteiger partial charge in [-0.25, -0.2) is 4.18 Å². The fraction of sp³-hybridized carbons (Fsp3) is 0.750. The lowest BCUT2D eigenvalue weighted by molar-refractivity contribution is 0.264. The molecule has 0 N–H and O–H groups in total. The van der Waals surface area contributed by atoms with Crippen LogP contribution in [-0.4, -0.2) is 15.0 Å². The number of nitrogens with zero attached hydrogens (tertiary/aromatic N) is 1. The third-order valence-electron chi connectivity index (χ3n) is 0.571. The van der Waals surface area contributed by atoms with E-state index in [0.29, 0.717) is 6.42 Å². The van der Waals surface area contributed by atoms with Gasteiger partial charge in [-0.1, -0.05) is 6.92 Å². The third kappa shape index (κ3) is 4.12. The molecule has 0 saturated heterocycles. The van der Waals surface area contributed by atoms with Crippen LogP contribution in [0.4, 0.5) is 0 Å². The van der Waals surface area contributed by atoms with E-state index >= 15 is 0 Å². The molecule has 0 aliphatic heterocycles. The molecule has 0 rings (SSSR count). The molecule has 0 heterocycles. The Bertz CT molecular complexity index is 214. The molecule has 0 aromatic heterocycles. The predicted molar refractivity (Wildman–Crippen MR) is 31.9 cm³/mol. The fourth-order valence-electron chi connectivity index (χ4n) is 0.255. The topological polar surface area (TPSA) is 76.4 Å². The normalized spacial score (nSPS) is 10.4. The fourth-order valence-corrected chi connectivity index (χ4v) is 0.765. The second-order valence-corrected chi connectivity index (χ2v) is 2.62. The van der Waals surface area contributed by atoms with E-state index in [0.717, 1.165) is 6.26 Å². The average molecular weight is 165 g/mol. The Morgan fingerprint density at radius 2 is 2.20 bits per heavy atom. The zero-order valence-electron chi connectivity index (χ0n) is 5.40. The molecular weight excluding hydrogens is 158 g/mol. The SMILES string of the molecule is CCCOS(=O)(=O)OC#N. The van der Waals surface area contributed by atoms with Crippen molar-refractivity contribution in [1.29, 1.82) is 5.26 Å². The van der Waals surface area contributed by atoms with Crippen molar-refractivity contribution < 1.29 is 16.8 Å². The lowest BCUT2D eigenvalue weighted by Gasteiger charge is -1.96. The molecule has 0 atom stereocenters. The third-order valence-corrected chi connectivity index (χ3v) is 1.31. The van der Waals surface area contributed by atoms with Gasteiger partial charge in [0.15, 0.2) is 0 Å². The van der Waals surface area contributed by atoms with Crippen LogP contribution in [0.15, 0.2) is 0 Å². The van der Waals surface area contributed by atoms with Gasteiger partial charge in [0.1, 0.15) is 0 Å². The van der Waals surface area contributed by atoms with Crippen LogP contribution in [0.1, 0.15) is 13.3 Å². The molecule has 5 nitrogen and oxygen atoms in total. The van der Waals surface area contributed by atoms with Gasteiger partial charge in [-0.2, -0.15) is 8.42 Å². The molecule has 0 spiro atoms. The summed E-state index contributed by atoms with van der Waals surface area (Å²) in [5, 5.41) is 7.77. The monoisotopic (exact) mass is 165 g/mol. The molecule has 0 unspecified atom stereocenters. The van der Waals surface area contributed by atoms with E-state index in [2.05, 4.69) is 8.37 Å². The van der Waals surface area contributed by atoms with Crippen molar-refractivity contribution in [3.8, 4) is 6.26 Å². The Morgan fingerprint density at radius 3 is 2.60 bits per heavy atom. The number of nitriles is 1. The molecule has 0 fully saturated rings. The first kappa shape index (κ1) is 9.20. The van der Waals surface area contributed by atoms with E-state index in [9.17, 15) is 8.42 Å². The van der Waals surface area contributed by atoms with Gasteiger partial charge in [-0.15, -0.1) is 5.26 Å². The smallest absolute Gasteiger partial charge is 0.281 e. The highest BCUT2D eigenvalue weighted by molar-refractivity contribution is 7.82. The van der Waals surface area contributed by atoms with E-state index in [1.165, 1.54) is 0 Å². The summed E-state index contributed by atoms with van der Waals surface area (Å²) >= 11 is 0. The van der Waals surface area contributed by atoms with E-state index in [-0.39, 0.29) is 6.61 Å². The van der Waals surface area contributed by atoms with Crippen molar-refractivity contribution in [1.82, 2.24) is 0 Å². The van der Waals surface area contributed by atoms with Gasteiger partial charge in [0.25, 0.3) is 0 Å². The molecule has 0 radical (unpaired) electrons. The van der Waals surface area contributed by atoms with E-state index in [4.69, 9.17) is 5.26 Å². The summed E-state index contributed by atoms with van der Waals surface area (Å²) in [5.41, 5.74) is 0. The van der Waals surface area contributed by atoms with Crippen molar-refractivity contribution in [2.24, 2.45) is 0 Å². The summed E-state index contributed by atoms with van der Waals surface area (Å²) in [5.74, 6) is 0. The predicted octanol–water partition coefficient (Wildman–Crippen LogP) is 0.155. The van der Waals surface area contributed by atoms with Crippen LogP contribution in [0.25, 0.3) is 0 Å². The first-order chi connectivity index (χ1) is 4.62. The summed E-state index contributed by atoms with van der Waals surface area (Å²) in [7, 11) is -4.05. The lowest BCUT2D eigenvalue weighted by Crippen LogP contribution is -2.07. The summed E-state index contributed by atoms with van der Waals surface area (Å²) < 4.78 is 28.4. The first-order valence-corrected chi connectivity index (χ1v) is 3.92. The van der Waals surface area contributed by atoms with Gasteiger partial charge in [0, 0.05) is 0 Å². The molecule has 0 aromatic rings.